The molecule has 2 fully saturated rings. The van der Waals surface area contributed by atoms with Crippen molar-refractivity contribution in [2.45, 2.75) is 52.0 Å². The molecular weight excluding hydrogens is 368 g/mol. The molecule has 0 saturated carbocycles. The van der Waals surface area contributed by atoms with E-state index in [1.54, 1.807) is 6.07 Å². The van der Waals surface area contributed by atoms with E-state index in [0.717, 1.165) is 49.0 Å². The average Bonchev–Trinajstić information content (AvgIpc) is 3.25. The van der Waals surface area contributed by atoms with Crippen molar-refractivity contribution in [3.05, 3.63) is 45.8 Å². The fourth-order valence-corrected chi connectivity index (χ4v) is 4.14. The molecular formula is C21H28N6O2. The van der Waals surface area contributed by atoms with E-state index in [-0.39, 0.29) is 23.9 Å². The van der Waals surface area contributed by atoms with Crippen LogP contribution in [0.25, 0.3) is 0 Å². The lowest BCUT2D eigenvalue weighted by Crippen LogP contribution is -2.41. The summed E-state index contributed by atoms with van der Waals surface area (Å²) in [6, 6.07) is 5.18. The van der Waals surface area contributed by atoms with Gasteiger partial charge in [0.2, 0.25) is 5.91 Å². The van der Waals surface area contributed by atoms with Crippen LogP contribution in [-0.2, 0) is 11.3 Å². The SMILES string of the molecule is Cc1cc(N2CCCC2)nc(C2CCN(C(=O)Cn3nc(C)ccc3=O)CC2)n1. The first-order valence-electron chi connectivity index (χ1n) is 10.4. The summed E-state index contributed by atoms with van der Waals surface area (Å²) in [6.07, 6.45) is 4.12. The van der Waals surface area contributed by atoms with Crippen LogP contribution in [0.5, 0.6) is 0 Å². The molecule has 2 saturated heterocycles. The zero-order chi connectivity index (χ0) is 20.4. The average molecular weight is 396 g/mol. The van der Waals surface area contributed by atoms with Crippen LogP contribution >= 0.6 is 0 Å². The van der Waals surface area contributed by atoms with Crippen molar-refractivity contribution in [1.29, 1.82) is 0 Å². The zero-order valence-electron chi connectivity index (χ0n) is 17.2. The number of anilines is 1. The van der Waals surface area contributed by atoms with E-state index in [1.165, 1.54) is 23.6 Å². The summed E-state index contributed by atoms with van der Waals surface area (Å²) < 4.78 is 1.25. The van der Waals surface area contributed by atoms with E-state index in [2.05, 4.69) is 16.1 Å². The number of amides is 1. The third-order valence-corrected chi connectivity index (χ3v) is 5.79. The van der Waals surface area contributed by atoms with Gasteiger partial charge >= 0.3 is 0 Å². The minimum absolute atomic E-state index is 0.00870. The molecule has 0 N–H and O–H groups in total. The van der Waals surface area contributed by atoms with Gasteiger partial charge in [-0.25, -0.2) is 14.6 Å². The first-order valence-corrected chi connectivity index (χ1v) is 10.4. The summed E-state index contributed by atoms with van der Waals surface area (Å²) in [7, 11) is 0. The van der Waals surface area contributed by atoms with Gasteiger partial charge in [0.1, 0.15) is 18.2 Å². The van der Waals surface area contributed by atoms with Crippen LogP contribution in [0.1, 0.15) is 48.8 Å². The number of rotatable bonds is 4. The lowest BCUT2D eigenvalue weighted by Gasteiger charge is -2.31. The predicted molar refractivity (Wildman–Crippen MR) is 110 cm³/mol. The van der Waals surface area contributed by atoms with Crippen LogP contribution < -0.4 is 10.5 Å². The van der Waals surface area contributed by atoms with Crippen LogP contribution in [0.4, 0.5) is 5.82 Å². The maximum absolute atomic E-state index is 12.6. The zero-order valence-corrected chi connectivity index (χ0v) is 17.2. The Morgan fingerprint density at radius 3 is 2.48 bits per heavy atom. The number of likely N-dealkylation sites (tertiary alicyclic amines) is 1. The second kappa shape index (κ2) is 8.31. The quantitative estimate of drug-likeness (QED) is 0.781. The number of carbonyl (C=O) groups is 1. The van der Waals surface area contributed by atoms with Crippen molar-refractivity contribution in [2.75, 3.05) is 31.1 Å². The molecule has 8 nitrogen and oxygen atoms in total. The Kier molecular flexibility index (Phi) is 5.60. The number of carbonyl (C=O) groups excluding carboxylic acids is 1. The number of aromatic nitrogens is 4. The summed E-state index contributed by atoms with van der Waals surface area (Å²) in [5.74, 6) is 2.13. The van der Waals surface area contributed by atoms with Crippen LogP contribution in [0.15, 0.2) is 23.0 Å². The van der Waals surface area contributed by atoms with Crippen LogP contribution in [-0.4, -0.2) is 56.7 Å². The summed E-state index contributed by atoms with van der Waals surface area (Å²) in [6.45, 7) is 7.26. The largest absolute Gasteiger partial charge is 0.357 e. The molecule has 0 unspecified atom stereocenters. The molecule has 0 aliphatic carbocycles. The number of hydrogen-bond donors (Lipinski definition) is 0. The van der Waals surface area contributed by atoms with Crippen molar-refractivity contribution >= 4 is 11.7 Å². The molecule has 0 spiro atoms. The summed E-state index contributed by atoms with van der Waals surface area (Å²) in [5.41, 5.74) is 1.48. The minimum Gasteiger partial charge on any atom is -0.357 e. The van der Waals surface area contributed by atoms with E-state index >= 15 is 0 Å². The van der Waals surface area contributed by atoms with E-state index < -0.39 is 0 Å². The maximum Gasteiger partial charge on any atom is 0.267 e. The fourth-order valence-electron chi connectivity index (χ4n) is 4.14. The van der Waals surface area contributed by atoms with Crippen LogP contribution in [0, 0.1) is 13.8 Å². The van der Waals surface area contributed by atoms with Gasteiger partial charge in [-0.1, -0.05) is 0 Å². The van der Waals surface area contributed by atoms with Gasteiger partial charge in [-0.3, -0.25) is 9.59 Å². The lowest BCUT2D eigenvalue weighted by molar-refractivity contribution is -0.133. The van der Waals surface area contributed by atoms with Crippen LogP contribution in [0.2, 0.25) is 0 Å². The van der Waals surface area contributed by atoms with Gasteiger partial charge in [0, 0.05) is 49.9 Å². The molecule has 0 radical (unpaired) electrons. The Balaban J connectivity index is 1.39. The number of hydrogen-bond acceptors (Lipinski definition) is 6. The Bertz CT molecular complexity index is 942. The highest BCUT2D eigenvalue weighted by Gasteiger charge is 2.27. The van der Waals surface area contributed by atoms with Crippen molar-refractivity contribution in [3.8, 4) is 0 Å². The molecule has 154 valence electrons. The maximum atomic E-state index is 12.6. The molecule has 0 aromatic carbocycles. The predicted octanol–water partition coefficient (Wildman–Crippen LogP) is 1.66. The smallest absolute Gasteiger partial charge is 0.267 e. The fraction of sp³-hybridized carbons (Fsp3) is 0.571. The minimum atomic E-state index is -0.249. The van der Waals surface area contributed by atoms with Crippen LogP contribution in [0.3, 0.4) is 0 Å². The topological polar surface area (TPSA) is 84.2 Å². The standard InChI is InChI=1S/C21H28N6O2/c1-15-5-6-19(28)27(24-15)14-20(29)26-11-7-17(8-12-26)21-22-16(2)13-18(23-21)25-9-3-4-10-25/h5-6,13,17H,3-4,7-12,14H2,1-2H3. The Morgan fingerprint density at radius 1 is 1.03 bits per heavy atom. The summed E-state index contributed by atoms with van der Waals surface area (Å²) >= 11 is 0. The lowest BCUT2D eigenvalue weighted by atomic mass is 9.95. The molecule has 0 atom stereocenters. The monoisotopic (exact) mass is 396 g/mol. The molecule has 29 heavy (non-hydrogen) atoms. The van der Waals surface area contributed by atoms with Gasteiger partial charge < -0.3 is 9.80 Å². The molecule has 8 heteroatoms. The number of nitrogens with zero attached hydrogens (tertiary/aromatic N) is 6. The summed E-state index contributed by atoms with van der Waals surface area (Å²) in [4.78, 5) is 38.3. The Morgan fingerprint density at radius 2 is 1.76 bits per heavy atom. The third kappa shape index (κ3) is 4.46. The van der Waals surface area contributed by atoms with E-state index in [0.29, 0.717) is 13.1 Å². The first-order chi connectivity index (χ1) is 14.0. The third-order valence-electron chi connectivity index (χ3n) is 5.79. The van der Waals surface area contributed by atoms with Gasteiger partial charge in [-0.2, -0.15) is 5.10 Å². The number of piperidine rings is 1. The highest BCUT2D eigenvalue weighted by molar-refractivity contribution is 5.76. The molecule has 1 amide bonds. The van der Waals surface area contributed by atoms with Gasteiger partial charge in [0.15, 0.2) is 0 Å². The molecule has 4 heterocycles. The summed E-state index contributed by atoms with van der Waals surface area (Å²) in [5, 5.41) is 4.16. The number of aryl methyl sites for hydroxylation is 2. The normalized spacial score (nSPS) is 17.7. The first kappa shape index (κ1) is 19.5. The molecule has 4 rings (SSSR count). The van der Waals surface area contributed by atoms with Crippen molar-refractivity contribution in [2.24, 2.45) is 0 Å². The van der Waals surface area contributed by atoms with Crippen molar-refractivity contribution in [1.82, 2.24) is 24.6 Å². The molecule has 2 aliphatic rings. The molecule has 2 aromatic rings. The van der Waals surface area contributed by atoms with Gasteiger partial charge in [-0.05, 0) is 45.6 Å². The van der Waals surface area contributed by atoms with Gasteiger partial charge in [-0.15, -0.1) is 0 Å². The Labute approximate surface area is 170 Å². The van der Waals surface area contributed by atoms with Gasteiger partial charge in [0.25, 0.3) is 5.56 Å². The Hall–Kier alpha value is -2.77. The molecule has 2 aliphatic heterocycles. The second-order valence-electron chi connectivity index (χ2n) is 8.05. The highest BCUT2D eigenvalue weighted by atomic mass is 16.2. The highest BCUT2D eigenvalue weighted by Crippen LogP contribution is 2.28. The molecule has 0 bridgehead atoms. The second-order valence-corrected chi connectivity index (χ2v) is 8.05. The van der Waals surface area contributed by atoms with Crippen molar-refractivity contribution < 1.29 is 4.79 Å². The molecule has 2 aromatic heterocycles. The van der Waals surface area contributed by atoms with E-state index in [1.807, 2.05) is 18.7 Å². The van der Waals surface area contributed by atoms with E-state index in [9.17, 15) is 9.59 Å². The van der Waals surface area contributed by atoms with E-state index in [4.69, 9.17) is 9.97 Å². The van der Waals surface area contributed by atoms with Gasteiger partial charge in [0.05, 0.1) is 5.69 Å². The van der Waals surface area contributed by atoms with Crippen molar-refractivity contribution in [3.63, 3.8) is 0 Å².